The van der Waals surface area contributed by atoms with E-state index < -0.39 is 0 Å². The molecule has 0 unspecified atom stereocenters. The van der Waals surface area contributed by atoms with E-state index in [1.807, 2.05) is 36.4 Å². The van der Waals surface area contributed by atoms with Gasteiger partial charge in [0.05, 0.1) is 27.0 Å². The summed E-state index contributed by atoms with van der Waals surface area (Å²) in [6.07, 6.45) is 0. The number of ether oxygens (including phenoxy) is 3. The van der Waals surface area contributed by atoms with Crippen molar-refractivity contribution in [2.24, 2.45) is 0 Å². The lowest BCUT2D eigenvalue weighted by Crippen LogP contribution is -2.01. The molecular formula is C21H19N3O3. The Hall–Kier alpha value is -3.72. The van der Waals surface area contributed by atoms with Gasteiger partial charge in [-0.2, -0.15) is 5.26 Å². The van der Waals surface area contributed by atoms with Crippen LogP contribution in [0, 0.1) is 11.3 Å². The Kier molecular flexibility index (Phi) is 5.13. The molecule has 0 saturated heterocycles. The third-order valence-electron chi connectivity index (χ3n) is 4.22. The maximum absolute atomic E-state index is 9.59. The van der Waals surface area contributed by atoms with Crippen molar-refractivity contribution >= 4 is 5.82 Å². The Labute approximate surface area is 157 Å². The standard InChI is InChI=1S/C21H19N3O3/c1-25-14-6-4-5-13(9-14)16-11-19(24-21(23)18(16)12-22)17-10-15(26-2)7-8-20(17)27-3/h4-11H,1-3H3,(H2,23,24). The molecule has 1 heterocycles. The molecule has 3 rings (SSSR count). The number of methoxy groups -OCH3 is 3. The van der Waals surface area contributed by atoms with Crippen LogP contribution < -0.4 is 19.9 Å². The number of nitrogen functional groups attached to an aromatic ring is 1. The molecule has 0 aliphatic rings. The molecule has 0 amide bonds. The van der Waals surface area contributed by atoms with E-state index in [9.17, 15) is 5.26 Å². The molecule has 3 aromatic rings. The third-order valence-corrected chi connectivity index (χ3v) is 4.22. The minimum absolute atomic E-state index is 0.151. The van der Waals surface area contributed by atoms with Gasteiger partial charge in [-0.15, -0.1) is 0 Å². The van der Waals surface area contributed by atoms with Crippen LogP contribution in [-0.2, 0) is 0 Å². The monoisotopic (exact) mass is 361 g/mol. The summed E-state index contributed by atoms with van der Waals surface area (Å²) in [7, 11) is 4.77. The van der Waals surface area contributed by atoms with Crippen LogP contribution in [0.3, 0.4) is 0 Å². The molecule has 136 valence electrons. The molecule has 6 heteroatoms. The van der Waals surface area contributed by atoms with Crippen molar-refractivity contribution in [3.8, 4) is 45.7 Å². The molecule has 2 aromatic carbocycles. The van der Waals surface area contributed by atoms with Gasteiger partial charge in [-0.3, -0.25) is 0 Å². The van der Waals surface area contributed by atoms with Gasteiger partial charge in [-0.25, -0.2) is 4.98 Å². The van der Waals surface area contributed by atoms with Gasteiger partial charge in [-0.05, 0) is 42.0 Å². The number of pyridine rings is 1. The van der Waals surface area contributed by atoms with E-state index in [1.54, 1.807) is 33.5 Å². The van der Waals surface area contributed by atoms with Crippen LogP contribution in [0.4, 0.5) is 5.82 Å². The lowest BCUT2D eigenvalue weighted by Gasteiger charge is -2.14. The summed E-state index contributed by atoms with van der Waals surface area (Å²) in [4.78, 5) is 4.42. The number of anilines is 1. The van der Waals surface area contributed by atoms with Crippen molar-refractivity contribution < 1.29 is 14.2 Å². The van der Waals surface area contributed by atoms with Crippen LogP contribution in [0.1, 0.15) is 5.56 Å². The maximum atomic E-state index is 9.59. The normalized spacial score (nSPS) is 10.1. The van der Waals surface area contributed by atoms with Gasteiger partial charge in [-0.1, -0.05) is 12.1 Å². The maximum Gasteiger partial charge on any atom is 0.142 e. The van der Waals surface area contributed by atoms with Gasteiger partial charge in [0.25, 0.3) is 0 Å². The van der Waals surface area contributed by atoms with E-state index in [0.29, 0.717) is 34.1 Å². The van der Waals surface area contributed by atoms with Crippen molar-refractivity contribution in [1.82, 2.24) is 4.98 Å². The van der Waals surface area contributed by atoms with Crippen LogP contribution >= 0.6 is 0 Å². The summed E-state index contributed by atoms with van der Waals surface area (Å²) in [5.41, 5.74) is 9.20. The predicted molar refractivity (Wildman–Crippen MR) is 104 cm³/mol. The molecule has 0 fully saturated rings. The molecule has 0 radical (unpaired) electrons. The first-order chi connectivity index (χ1) is 13.1. The zero-order chi connectivity index (χ0) is 19.4. The van der Waals surface area contributed by atoms with E-state index in [0.717, 1.165) is 11.1 Å². The summed E-state index contributed by atoms with van der Waals surface area (Å²) in [6, 6.07) is 16.8. The van der Waals surface area contributed by atoms with Crippen LogP contribution in [0.25, 0.3) is 22.4 Å². The SMILES string of the molecule is COc1cccc(-c2cc(-c3cc(OC)ccc3OC)nc(N)c2C#N)c1. The topological polar surface area (TPSA) is 90.4 Å². The summed E-state index contributed by atoms with van der Waals surface area (Å²) in [6.45, 7) is 0. The Bertz CT molecular complexity index is 1030. The van der Waals surface area contributed by atoms with Gasteiger partial charge < -0.3 is 19.9 Å². The third kappa shape index (κ3) is 3.48. The average Bonchev–Trinajstić information content (AvgIpc) is 2.72. The molecule has 0 atom stereocenters. The number of nitrogens with two attached hydrogens (primary N) is 1. The zero-order valence-corrected chi connectivity index (χ0v) is 15.3. The van der Waals surface area contributed by atoms with Gasteiger partial charge in [0.1, 0.15) is 34.7 Å². The molecule has 6 nitrogen and oxygen atoms in total. The smallest absolute Gasteiger partial charge is 0.142 e. The van der Waals surface area contributed by atoms with Gasteiger partial charge in [0, 0.05) is 11.1 Å². The molecule has 0 aliphatic heterocycles. The summed E-state index contributed by atoms with van der Waals surface area (Å²) < 4.78 is 16.1. The highest BCUT2D eigenvalue weighted by Crippen LogP contribution is 2.37. The van der Waals surface area contributed by atoms with Gasteiger partial charge in [0.2, 0.25) is 0 Å². The Morgan fingerprint density at radius 2 is 1.63 bits per heavy atom. The first-order valence-electron chi connectivity index (χ1n) is 8.18. The van der Waals surface area contributed by atoms with E-state index in [2.05, 4.69) is 11.1 Å². The number of hydrogen-bond acceptors (Lipinski definition) is 6. The second-order valence-corrected chi connectivity index (χ2v) is 5.73. The van der Waals surface area contributed by atoms with Gasteiger partial charge >= 0.3 is 0 Å². The van der Waals surface area contributed by atoms with Crippen LogP contribution in [0.15, 0.2) is 48.5 Å². The summed E-state index contributed by atoms with van der Waals surface area (Å²) in [5, 5.41) is 9.59. The minimum Gasteiger partial charge on any atom is -0.497 e. The van der Waals surface area contributed by atoms with Gasteiger partial charge in [0.15, 0.2) is 0 Å². The lowest BCUT2D eigenvalue weighted by molar-refractivity contribution is 0.404. The number of hydrogen-bond donors (Lipinski definition) is 1. The van der Waals surface area contributed by atoms with Crippen molar-refractivity contribution in [3.63, 3.8) is 0 Å². The molecule has 1 aromatic heterocycles. The van der Waals surface area contributed by atoms with E-state index in [4.69, 9.17) is 19.9 Å². The molecule has 0 bridgehead atoms. The highest BCUT2D eigenvalue weighted by molar-refractivity contribution is 5.82. The summed E-state index contributed by atoms with van der Waals surface area (Å²) in [5.74, 6) is 2.13. The van der Waals surface area contributed by atoms with Crippen LogP contribution in [-0.4, -0.2) is 26.3 Å². The fourth-order valence-electron chi connectivity index (χ4n) is 2.85. The molecule has 2 N–H and O–H groups in total. The first-order valence-corrected chi connectivity index (χ1v) is 8.18. The predicted octanol–water partition coefficient (Wildman–Crippen LogP) is 3.90. The Balaban J connectivity index is 2.26. The van der Waals surface area contributed by atoms with E-state index >= 15 is 0 Å². The highest BCUT2D eigenvalue weighted by Gasteiger charge is 2.16. The molecule has 0 spiro atoms. The first kappa shape index (κ1) is 18.1. The second kappa shape index (κ2) is 7.67. The van der Waals surface area contributed by atoms with Crippen molar-refractivity contribution in [1.29, 1.82) is 5.26 Å². The number of rotatable bonds is 5. The minimum atomic E-state index is 0.151. The zero-order valence-electron chi connectivity index (χ0n) is 15.3. The highest BCUT2D eigenvalue weighted by atomic mass is 16.5. The van der Waals surface area contributed by atoms with Crippen LogP contribution in [0.5, 0.6) is 17.2 Å². The van der Waals surface area contributed by atoms with E-state index in [1.165, 1.54) is 0 Å². The average molecular weight is 361 g/mol. The number of benzene rings is 2. The summed E-state index contributed by atoms with van der Waals surface area (Å²) >= 11 is 0. The Morgan fingerprint density at radius 3 is 2.30 bits per heavy atom. The van der Waals surface area contributed by atoms with E-state index in [-0.39, 0.29) is 5.82 Å². The van der Waals surface area contributed by atoms with Crippen LogP contribution in [0.2, 0.25) is 0 Å². The van der Waals surface area contributed by atoms with Crippen molar-refractivity contribution in [3.05, 3.63) is 54.1 Å². The number of aromatic nitrogens is 1. The number of nitrogens with zero attached hydrogens (tertiary/aromatic N) is 2. The fourth-order valence-corrected chi connectivity index (χ4v) is 2.85. The fraction of sp³-hybridized carbons (Fsp3) is 0.143. The molecular weight excluding hydrogens is 342 g/mol. The lowest BCUT2D eigenvalue weighted by atomic mass is 9.98. The molecule has 27 heavy (non-hydrogen) atoms. The largest absolute Gasteiger partial charge is 0.497 e. The Morgan fingerprint density at radius 1 is 0.889 bits per heavy atom. The number of nitriles is 1. The second-order valence-electron chi connectivity index (χ2n) is 5.73. The van der Waals surface area contributed by atoms with Crippen molar-refractivity contribution in [2.45, 2.75) is 0 Å². The molecule has 0 aliphatic carbocycles. The quantitative estimate of drug-likeness (QED) is 0.741. The van der Waals surface area contributed by atoms with Crippen molar-refractivity contribution in [2.75, 3.05) is 27.1 Å². The molecule has 0 saturated carbocycles.